The molecule has 1 unspecified atom stereocenters. The summed E-state index contributed by atoms with van der Waals surface area (Å²) in [4.78, 5) is 9.47. The van der Waals surface area contributed by atoms with Crippen LogP contribution in [0.15, 0.2) is 57.2 Å². The van der Waals surface area contributed by atoms with Gasteiger partial charge in [-0.05, 0) is 61.0 Å². The van der Waals surface area contributed by atoms with Gasteiger partial charge in [0.1, 0.15) is 0 Å². The number of likely N-dealkylation sites (N-methyl/N-ethyl adjacent to an activating group) is 1. The van der Waals surface area contributed by atoms with Crippen molar-refractivity contribution in [1.82, 2.24) is 9.80 Å². The van der Waals surface area contributed by atoms with Crippen molar-refractivity contribution in [3.8, 4) is 0 Å². The van der Waals surface area contributed by atoms with E-state index >= 15 is 0 Å². The molecule has 0 amide bonds. The first-order valence-electron chi connectivity index (χ1n) is 9.69. The van der Waals surface area contributed by atoms with Gasteiger partial charge in [-0.3, -0.25) is 4.90 Å². The molecule has 0 bridgehead atoms. The summed E-state index contributed by atoms with van der Waals surface area (Å²) in [5.41, 5.74) is 3.04. The summed E-state index contributed by atoms with van der Waals surface area (Å²) in [6.45, 7) is 6.94. The predicted molar refractivity (Wildman–Crippen MR) is 114 cm³/mol. The van der Waals surface area contributed by atoms with Crippen LogP contribution in [0.3, 0.4) is 0 Å². The van der Waals surface area contributed by atoms with E-state index in [1.165, 1.54) is 64.2 Å². The summed E-state index contributed by atoms with van der Waals surface area (Å²) in [6, 6.07) is 16.6. The molecule has 2 nitrogen and oxygen atoms in total. The van der Waals surface area contributed by atoms with Gasteiger partial charge in [0, 0.05) is 46.9 Å². The van der Waals surface area contributed by atoms with E-state index in [0.717, 1.165) is 6.42 Å². The van der Waals surface area contributed by atoms with Crippen LogP contribution in [0.1, 0.15) is 30.5 Å². The quantitative estimate of drug-likeness (QED) is 0.669. The van der Waals surface area contributed by atoms with E-state index in [4.69, 9.17) is 0 Å². The van der Waals surface area contributed by atoms with Gasteiger partial charge in [0.05, 0.1) is 0 Å². The molecule has 4 rings (SSSR count). The van der Waals surface area contributed by atoms with Crippen molar-refractivity contribution in [1.29, 1.82) is 0 Å². The third-order valence-corrected chi connectivity index (χ3v) is 7.81. The van der Waals surface area contributed by atoms with Crippen molar-refractivity contribution in [2.24, 2.45) is 0 Å². The second-order valence-corrected chi connectivity index (χ2v) is 9.57. The maximum Gasteiger partial charge on any atom is 0.0401 e. The molecule has 0 spiro atoms. The molecule has 2 aromatic carbocycles. The maximum atomic E-state index is 2.72. The standard InChI is InChI=1S/C22H28N2S2/c1-3-14-25-18-8-9-22-19(16-18)20(24-12-10-23(2)11-13-24)15-17-6-4-5-7-21(17)26-22/h4-9,16,20H,3,10-15H2,1-2H3. The Bertz CT molecular complexity index is 754. The Kier molecular flexibility index (Phi) is 5.94. The van der Waals surface area contributed by atoms with Crippen LogP contribution in [0.4, 0.5) is 0 Å². The molecule has 138 valence electrons. The molecule has 0 radical (unpaired) electrons. The first kappa shape index (κ1) is 18.4. The molecule has 2 aromatic rings. The summed E-state index contributed by atoms with van der Waals surface area (Å²) in [7, 11) is 2.24. The Balaban J connectivity index is 1.71. The van der Waals surface area contributed by atoms with Crippen LogP contribution in [-0.2, 0) is 6.42 Å². The first-order valence-corrected chi connectivity index (χ1v) is 11.5. The third-order valence-electron chi connectivity index (χ3n) is 5.40. The highest BCUT2D eigenvalue weighted by Gasteiger charge is 2.29. The monoisotopic (exact) mass is 384 g/mol. The van der Waals surface area contributed by atoms with E-state index < -0.39 is 0 Å². The highest BCUT2D eigenvalue weighted by Crippen LogP contribution is 2.44. The Morgan fingerprint density at radius 3 is 2.65 bits per heavy atom. The largest absolute Gasteiger partial charge is 0.304 e. The molecule has 1 atom stereocenters. The van der Waals surface area contributed by atoms with Crippen molar-refractivity contribution in [3.05, 3.63) is 53.6 Å². The number of hydrogen-bond donors (Lipinski definition) is 0. The first-order chi connectivity index (χ1) is 12.7. The molecule has 26 heavy (non-hydrogen) atoms. The Labute approximate surface area is 166 Å². The molecule has 2 aliphatic heterocycles. The summed E-state index contributed by atoms with van der Waals surface area (Å²) >= 11 is 3.95. The minimum Gasteiger partial charge on any atom is -0.304 e. The van der Waals surface area contributed by atoms with Gasteiger partial charge in [-0.1, -0.05) is 36.9 Å². The molecule has 4 heteroatoms. The third kappa shape index (κ3) is 3.99. The van der Waals surface area contributed by atoms with Gasteiger partial charge < -0.3 is 4.90 Å². The lowest BCUT2D eigenvalue weighted by atomic mass is 9.96. The average Bonchev–Trinajstić information content (AvgIpc) is 2.83. The van der Waals surface area contributed by atoms with Gasteiger partial charge in [0.15, 0.2) is 0 Å². The molecule has 2 aliphatic rings. The molecule has 1 fully saturated rings. The number of piperazine rings is 1. The van der Waals surface area contributed by atoms with Crippen LogP contribution in [0.2, 0.25) is 0 Å². The molecule has 1 saturated heterocycles. The summed E-state index contributed by atoms with van der Waals surface area (Å²) in [5.74, 6) is 1.20. The molecule has 0 N–H and O–H groups in total. The molecular weight excluding hydrogens is 356 g/mol. The number of thioether (sulfide) groups is 1. The number of nitrogens with zero attached hydrogens (tertiary/aromatic N) is 2. The summed E-state index contributed by atoms with van der Waals surface area (Å²) < 4.78 is 0. The zero-order valence-corrected chi connectivity index (χ0v) is 17.4. The van der Waals surface area contributed by atoms with Gasteiger partial charge in [0.25, 0.3) is 0 Å². The van der Waals surface area contributed by atoms with Gasteiger partial charge in [-0.15, -0.1) is 11.8 Å². The topological polar surface area (TPSA) is 6.48 Å². The molecular formula is C22H28N2S2. The van der Waals surface area contributed by atoms with Crippen LogP contribution in [0, 0.1) is 0 Å². The smallest absolute Gasteiger partial charge is 0.0401 e. The van der Waals surface area contributed by atoms with Crippen LogP contribution < -0.4 is 0 Å². The number of benzene rings is 2. The fourth-order valence-corrected chi connectivity index (χ4v) is 5.79. The highest BCUT2D eigenvalue weighted by molar-refractivity contribution is 7.99. The lowest BCUT2D eigenvalue weighted by Crippen LogP contribution is -2.46. The Hall–Kier alpha value is -0.940. The SMILES string of the molecule is CCCSc1ccc2c(c1)C(N1CCN(C)CC1)Cc1ccccc1S2. The van der Waals surface area contributed by atoms with Gasteiger partial charge in [-0.2, -0.15) is 0 Å². The summed E-state index contributed by atoms with van der Waals surface area (Å²) in [5, 5.41) is 0. The van der Waals surface area contributed by atoms with Crippen LogP contribution in [-0.4, -0.2) is 48.8 Å². The second-order valence-electron chi connectivity index (χ2n) is 7.32. The fraction of sp³-hybridized carbons (Fsp3) is 0.455. The van der Waals surface area contributed by atoms with Crippen molar-refractivity contribution in [3.63, 3.8) is 0 Å². The zero-order valence-electron chi connectivity index (χ0n) is 15.8. The fourth-order valence-electron chi connectivity index (χ4n) is 3.86. The predicted octanol–water partition coefficient (Wildman–Crippen LogP) is 5.18. The van der Waals surface area contributed by atoms with Gasteiger partial charge >= 0.3 is 0 Å². The lowest BCUT2D eigenvalue weighted by Gasteiger charge is -2.38. The van der Waals surface area contributed by atoms with Crippen molar-refractivity contribution < 1.29 is 0 Å². The van der Waals surface area contributed by atoms with E-state index in [1.54, 1.807) is 0 Å². The zero-order chi connectivity index (χ0) is 17.9. The average molecular weight is 385 g/mol. The molecule has 2 heterocycles. The van der Waals surface area contributed by atoms with E-state index in [9.17, 15) is 0 Å². The van der Waals surface area contributed by atoms with Crippen molar-refractivity contribution in [2.75, 3.05) is 39.0 Å². The van der Waals surface area contributed by atoms with E-state index in [2.05, 4.69) is 66.2 Å². The van der Waals surface area contributed by atoms with E-state index in [1.807, 2.05) is 23.5 Å². The molecule has 0 saturated carbocycles. The second kappa shape index (κ2) is 8.39. The number of rotatable bonds is 4. The normalized spacial score (nSPS) is 21.1. The Morgan fingerprint density at radius 1 is 1.04 bits per heavy atom. The lowest BCUT2D eigenvalue weighted by molar-refractivity contribution is 0.109. The van der Waals surface area contributed by atoms with E-state index in [0.29, 0.717) is 6.04 Å². The van der Waals surface area contributed by atoms with Crippen molar-refractivity contribution in [2.45, 2.75) is 40.5 Å². The number of hydrogen-bond acceptors (Lipinski definition) is 4. The van der Waals surface area contributed by atoms with Gasteiger partial charge in [0.2, 0.25) is 0 Å². The van der Waals surface area contributed by atoms with Crippen molar-refractivity contribution >= 4 is 23.5 Å². The van der Waals surface area contributed by atoms with E-state index in [-0.39, 0.29) is 0 Å². The molecule has 0 aromatic heterocycles. The summed E-state index contributed by atoms with van der Waals surface area (Å²) in [6.07, 6.45) is 2.35. The molecule has 0 aliphatic carbocycles. The number of fused-ring (bicyclic) bond motifs is 2. The van der Waals surface area contributed by atoms with Crippen LogP contribution >= 0.6 is 23.5 Å². The van der Waals surface area contributed by atoms with Crippen LogP contribution in [0.25, 0.3) is 0 Å². The van der Waals surface area contributed by atoms with Crippen LogP contribution in [0.5, 0.6) is 0 Å². The minimum absolute atomic E-state index is 0.497. The maximum absolute atomic E-state index is 2.72. The minimum atomic E-state index is 0.497. The van der Waals surface area contributed by atoms with Gasteiger partial charge in [-0.25, -0.2) is 0 Å². The highest BCUT2D eigenvalue weighted by atomic mass is 32.2. The Morgan fingerprint density at radius 2 is 1.85 bits per heavy atom.